The van der Waals surface area contributed by atoms with Crippen LogP contribution in [0, 0.1) is 0 Å². The molecule has 0 atom stereocenters. The van der Waals surface area contributed by atoms with Crippen LogP contribution >= 0.6 is 11.9 Å². The second-order valence-corrected chi connectivity index (χ2v) is 3.02. The Morgan fingerprint density at radius 1 is 1.30 bits per heavy atom. The fraction of sp³-hybridized carbons (Fsp3) is 0.125. The van der Waals surface area contributed by atoms with Crippen LogP contribution in [-0.2, 0) is 6.42 Å². The predicted molar refractivity (Wildman–Crippen MR) is 44.2 cm³/mol. The molecule has 0 bridgehead atoms. The smallest absolute Gasteiger partial charge is 0.0619 e. The number of nitrogens with zero attached hydrogens (tertiary/aromatic N) is 1. The molecule has 0 spiro atoms. The Morgan fingerprint density at radius 2 is 2.20 bits per heavy atom. The lowest BCUT2D eigenvalue weighted by Gasteiger charge is -1.98. The zero-order valence-corrected chi connectivity index (χ0v) is 6.27. The molecule has 1 aromatic carbocycles. The quantitative estimate of drug-likeness (QED) is 0.512. The third kappa shape index (κ3) is 0.948. The van der Waals surface area contributed by atoms with Crippen molar-refractivity contribution in [3.05, 3.63) is 29.8 Å². The first-order valence-corrected chi connectivity index (χ1v) is 4.01. The molecule has 10 heavy (non-hydrogen) atoms. The van der Waals surface area contributed by atoms with E-state index in [1.165, 1.54) is 10.5 Å². The second kappa shape index (κ2) is 2.46. The fourth-order valence-electron chi connectivity index (χ4n) is 0.991. The average molecular weight is 149 g/mol. The average Bonchev–Trinajstić information content (AvgIpc) is 2.05. The Morgan fingerprint density at radius 3 is 3.10 bits per heavy atom. The maximum atomic E-state index is 4.11. The maximum Gasteiger partial charge on any atom is 0.274 e. The molecule has 2 heteroatoms. The van der Waals surface area contributed by atoms with Gasteiger partial charge in [-0.3, -0.25) is 0 Å². The van der Waals surface area contributed by atoms with Crippen LogP contribution in [0.3, 0.4) is 0 Å². The third-order valence-electron chi connectivity index (χ3n) is 1.51. The van der Waals surface area contributed by atoms with Crippen LogP contribution in [0.5, 0.6) is 0 Å². The van der Waals surface area contributed by atoms with Crippen LogP contribution in [-0.4, -0.2) is 6.21 Å². The van der Waals surface area contributed by atoms with Crippen LogP contribution < -0.4 is 4.40 Å². The molecule has 1 heterocycles. The van der Waals surface area contributed by atoms with Gasteiger partial charge in [-0.15, -0.1) is 0 Å². The summed E-state index contributed by atoms with van der Waals surface area (Å²) in [5, 5.41) is 0. The largest absolute Gasteiger partial charge is 0.274 e. The van der Waals surface area contributed by atoms with E-state index in [0.717, 1.165) is 6.42 Å². The van der Waals surface area contributed by atoms with Crippen molar-refractivity contribution in [1.29, 1.82) is 0 Å². The van der Waals surface area contributed by atoms with E-state index >= 15 is 0 Å². The minimum atomic E-state index is 0.989. The molecule has 1 aliphatic heterocycles. The molecule has 1 aromatic rings. The van der Waals surface area contributed by atoms with Gasteiger partial charge in [0.25, 0.3) is 11.9 Å². The first-order valence-electron chi connectivity index (χ1n) is 3.23. The Hall–Kier alpha value is -0.760. The molecule has 2 rings (SSSR count). The van der Waals surface area contributed by atoms with Crippen molar-refractivity contribution in [2.24, 2.45) is 0 Å². The molecule has 1 radical (unpaired) electrons. The van der Waals surface area contributed by atoms with Crippen LogP contribution in [0.1, 0.15) is 5.56 Å². The van der Waals surface area contributed by atoms with E-state index < -0.39 is 0 Å². The highest BCUT2D eigenvalue weighted by Gasteiger charge is 2.13. The SMILES string of the molecule is C1=[N+]Sc2ccccc2C1. The van der Waals surface area contributed by atoms with E-state index in [4.69, 9.17) is 0 Å². The summed E-state index contributed by atoms with van der Waals surface area (Å²) in [5.74, 6) is 0. The summed E-state index contributed by atoms with van der Waals surface area (Å²) in [4.78, 5) is 1.30. The zero-order chi connectivity index (χ0) is 6.81. The number of hydrogen-bond acceptors (Lipinski definition) is 2. The summed E-state index contributed by atoms with van der Waals surface area (Å²) in [7, 11) is 0. The van der Waals surface area contributed by atoms with Crippen molar-refractivity contribution in [3.8, 4) is 0 Å². The van der Waals surface area contributed by atoms with E-state index in [1.54, 1.807) is 11.9 Å². The first-order chi connectivity index (χ1) is 4.97. The summed E-state index contributed by atoms with van der Waals surface area (Å²) < 4.78 is 4.11. The molecule has 0 aliphatic carbocycles. The minimum Gasteiger partial charge on any atom is -0.0619 e. The van der Waals surface area contributed by atoms with Crippen molar-refractivity contribution in [2.75, 3.05) is 0 Å². The van der Waals surface area contributed by atoms with Gasteiger partial charge in [0.1, 0.15) is 4.40 Å². The van der Waals surface area contributed by atoms with Crippen LogP contribution in [0.2, 0.25) is 0 Å². The first kappa shape index (κ1) is 5.98. The Kier molecular flexibility index (Phi) is 1.47. The molecule has 0 saturated carbocycles. The lowest BCUT2D eigenvalue weighted by Crippen LogP contribution is -1.98. The highest BCUT2D eigenvalue weighted by atomic mass is 32.2. The topological polar surface area (TPSA) is 14.1 Å². The molecule has 1 nitrogen and oxygen atoms in total. The summed E-state index contributed by atoms with van der Waals surface area (Å²) in [6.07, 6.45) is 2.94. The van der Waals surface area contributed by atoms with Crippen molar-refractivity contribution >= 4 is 18.2 Å². The molecule has 0 aromatic heterocycles. The summed E-state index contributed by atoms with van der Waals surface area (Å²) in [6, 6.07) is 8.37. The van der Waals surface area contributed by atoms with Crippen LogP contribution in [0.4, 0.5) is 0 Å². The van der Waals surface area contributed by atoms with Gasteiger partial charge in [0, 0.05) is 0 Å². The normalized spacial score (nSPS) is 14.8. The molecule has 49 valence electrons. The van der Waals surface area contributed by atoms with Gasteiger partial charge in [-0.1, -0.05) is 18.2 Å². The molecule has 0 saturated heterocycles. The minimum absolute atomic E-state index is 0.989. The molecule has 0 unspecified atom stereocenters. The third-order valence-corrected chi connectivity index (χ3v) is 2.36. The Bertz CT molecular complexity index is 241. The van der Waals surface area contributed by atoms with E-state index in [2.05, 4.69) is 22.6 Å². The monoisotopic (exact) mass is 149 g/mol. The molecular formula is C8H7NS+. The molecule has 0 N–H and O–H groups in total. The standard InChI is InChI=1S/C8H7NS/c1-2-4-8-7(3-1)5-6-9-10-8/h1-4,6H,5H2/q+1. The van der Waals surface area contributed by atoms with Gasteiger partial charge >= 0.3 is 0 Å². The van der Waals surface area contributed by atoms with Crippen molar-refractivity contribution in [3.63, 3.8) is 0 Å². The van der Waals surface area contributed by atoms with E-state index in [0.29, 0.717) is 0 Å². The summed E-state index contributed by atoms with van der Waals surface area (Å²) >= 11 is 1.56. The van der Waals surface area contributed by atoms with Gasteiger partial charge in [0.05, 0.1) is 11.3 Å². The predicted octanol–water partition coefficient (Wildman–Crippen LogP) is 1.66. The molecular weight excluding hydrogens is 142 g/mol. The lowest BCUT2D eigenvalue weighted by atomic mass is 10.2. The fourth-order valence-corrected chi connectivity index (χ4v) is 1.66. The van der Waals surface area contributed by atoms with Gasteiger partial charge in [0.2, 0.25) is 6.21 Å². The van der Waals surface area contributed by atoms with Crippen molar-refractivity contribution < 1.29 is 0 Å². The second-order valence-electron chi connectivity index (χ2n) is 2.19. The summed E-state index contributed by atoms with van der Waals surface area (Å²) in [5.41, 5.74) is 1.39. The number of fused-ring (bicyclic) bond motifs is 1. The van der Waals surface area contributed by atoms with Crippen LogP contribution in [0.15, 0.2) is 29.2 Å². The number of rotatable bonds is 0. The van der Waals surface area contributed by atoms with Crippen molar-refractivity contribution in [1.82, 2.24) is 4.40 Å². The van der Waals surface area contributed by atoms with Gasteiger partial charge in [-0.25, -0.2) is 0 Å². The van der Waals surface area contributed by atoms with Gasteiger partial charge < -0.3 is 0 Å². The van der Waals surface area contributed by atoms with Crippen molar-refractivity contribution in [2.45, 2.75) is 11.3 Å². The number of benzene rings is 1. The Balaban J connectivity index is 2.47. The summed E-state index contributed by atoms with van der Waals surface area (Å²) in [6.45, 7) is 0. The molecule has 0 amide bonds. The van der Waals surface area contributed by atoms with Gasteiger partial charge in [-0.2, -0.15) is 0 Å². The van der Waals surface area contributed by atoms with E-state index in [-0.39, 0.29) is 0 Å². The highest BCUT2D eigenvalue weighted by molar-refractivity contribution is 7.97. The van der Waals surface area contributed by atoms with E-state index in [1.807, 2.05) is 12.3 Å². The highest BCUT2D eigenvalue weighted by Crippen LogP contribution is 2.21. The van der Waals surface area contributed by atoms with Gasteiger partial charge in [-0.05, 0) is 11.6 Å². The zero-order valence-electron chi connectivity index (χ0n) is 5.45. The Labute approximate surface area is 64.3 Å². The number of hydrogen-bond donors (Lipinski definition) is 0. The van der Waals surface area contributed by atoms with E-state index in [9.17, 15) is 0 Å². The lowest BCUT2D eigenvalue weighted by molar-refractivity contribution is 1.21. The van der Waals surface area contributed by atoms with Crippen LogP contribution in [0.25, 0.3) is 0 Å². The maximum absolute atomic E-state index is 4.11. The molecule has 1 aliphatic rings. The van der Waals surface area contributed by atoms with Gasteiger partial charge in [0.15, 0.2) is 0 Å². The molecule has 0 fully saturated rings.